The molecule has 3 N–H and O–H groups in total. The number of nitrogens with one attached hydrogen (secondary N) is 1. The first kappa shape index (κ1) is 15.9. The van der Waals surface area contributed by atoms with E-state index in [4.69, 9.17) is 39.1 Å². The van der Waals surface area contributed by atoms with Crippen molar-refractivity contribution in [3.8, 4) is 5.75 Å². The molecule has 1 aromatic carbocycles. The van der Waals surface area contributed by atoms with E-state index in [1.165, 1.54) is 6.07 Å². The summed E-state index contributed by atoms with van der Waals surface area (Å²) in [4.78, 5) is 13.7. The fraction of sp³-hybridized carbons (Fsp3) is 0.429. The van der Waals surface area contributed by atoms with Crippen molar-refractivity contribution in [1.29, 1.82) is 5.41 Å². The van der Waals surface area contributed by atoms with Crippen LogP contribution in [-0.2, 0) is 4.79 Å². The number of esters is 1. The van der Waals surface area contributed by atoms with Gasteiger partial charge in [-0.3, -0.25) is 10.2 Å². The van der Waals surface area contributed by atoms with Crippen molar-refractivity contribution < 1.29 is 9.53 Å². The number of rotatable bonds is 3. The highest BCUT2D eigenvalue weighted by molar-refractivity contribution is 6.35. The van der Waals surface area contributed by atoms with Gasteiger partial charge in [0.1, 0.15) is 5.75 Å². The van der Waals surface area contributed by atoms with Gasteiger partial charge in [0.2, 0.25) is 0 Å². The SMILES string of the molecule is N=C(N)N1CCC(CC(=O)Oc2ccc(Cl)cc2Cl)CC1. The third kappa shape index (κ3) is 4.51. The first-order valence-corrected chi connectivity index (χ1v) is 7.46. The Hall–Kier alpha value is -1.46. The molecule has 0 aliphatic carbocycles. The van der Waals surface area contributed by atoms with E-state index in [1.807, 2.05) is 0 Å². The van der Waals surface area contributed by atoms with Gasteiger partial charge < -0.3 is 15.4 Å². The minimum Gasteiger partial charge on any atom is -0.425 e. The van der Waals surface area contributed by atoms with E-state index in [9.17, 15) is 4.79 Å². The molecule has 0 bridgehead atoms. The standard InChI is InChI=1S/C14H17Cl2N3O2/c15-10-1-2-12(11(16)8-10)21-13(20)7-9-3-5-19(6-4-9)14(17)18/h1-2,8-9H,3-7H2,(H3,17,18). The number of nitrogens with zero attached hydrogens (tertiary/aromatic N) is 1. The Labute approximate surface area is 133 Å². The van der Waals surface area contributed by atoms with E-state index in [-0.39, 0.29) is 17.8 Å². The number of guanidine groups is 1. The molecule has 21 heavy (non-hydrogen) atoms. The minimum absolute atomic E-state index is 0.0870. The third-order valence-corrected chi connectivity index (χ3v) is 4.06. The second-order valence-corrected chi connectivity index (χ2v) is 5.91. The average Bonchev–Trinajstić information content (AvgIpc) is 2.42. The lowest BCUT2D eigenvalue weighted by molar-refractivity contribution is -0.135. The van der Waals surface area contributed by atoms with Gasteiger partial charge in [-0.2, -0.15) is 0 Å². The quantitative estimate of drug-likeness (QED) is 0.387. The number of nitrogens with two attached hydrogens (primary N) is 1. The van der Waals surface area contributed by atoms with Crippen LogP contribution in [0, 0.1) is 11.3 Å². The van der Waals surface area contributed by atoms with E-state index < -0.39 is 0 Å². The molecule has 0 aromatic heterocycles. The number of likely N-dealkylation sites (tertiary alicyclic amines) is 1. The van der Waals surface area contributed by atoms with Crippen molar-refractivity contribution in [2.24, 2.45) is 11.7 Å². The van der Waals surface area contributed by atoms with Crippen LogP contribution < -0.4 is 10.5 Å². The summed E-state index contributed by atoms with van der Waals surface area (Å²) < 4.78 is 5.27. The third-order valence-electron chi connectivity index (χ3n) is 3.53. The van der Waals surface area contributed by atoms with Crippen LogP contribution in [-0.4, -0.2) is 29.9 Å². The number of ether oxygens (including phenoxy) is 1. The van der Waals surface area contributed by atoms with Gasteiger partial charge in [0.15, 0.2) is 5.96 Å². The van der Waals surface area contributed by atoms with Crippen molar-refractivity contribution >= 4 is 35.1 Å². The Morgan fingerprint density at radius 2 is 2.05 bits per heavy atom. The lowest BCUT2D eigenvalue weighted by Gasteiger charge is -2.31. The molecule has 114 valence electrons. The second-order valence-electron chi connectivity index (χ2n) is 5.07. The summed E-state index contributed by atoms with van der Waals surface area (Å²) in [6.45, 7) is 1.41. The zero-order valence-corrected chi connectivity index (χ0v) is 13.0. The van der Waals surface area contributed by atoms with Gasteiger partial charge in [-0.05, 0) is 37.0 Å². The van der Waals surface area contributed by atoms with Crippen molar-refractivity contribution in [3.63, 3.8) is 0 Å². The van der Waals surface area contributed by atoms with Crippen molar-refractivity contribution in [1.82, 2.24) is 4.90 Å². The maximum atomic E-state index is 11.9. The highest BCUT2D eigenvalue weighted by Gasteiger charge is 2.23. The van der Waals surface area contributed by atoms with Gasteiger partial charge in [-0.25, -0.2) is 0 Å². The van der Waals surface area contributed by atoms with Crippen LogP contribution in [0.5, 0.6) is 5.75 Å². The molecule has 0 saturated carbocycles. The van der Waals surface area contributed by atoms with Gasteiger partial charge >= 0.3 is 5.97 Å². The normalized spacial score (nSPS) is 15.8. The van der Waals surface area contributed by atoms with Gasteiger partial charge in [-0.1, -0.05) is 23.2 Å². The minimum atomic E-state index is -0.305. The van der Waals surface area contributed by atoms with Gasteiger partial charge in [0, 0.05) is 24.5 Å². The van der Waals surface area contributed by atoms with Gasteiger partial charge in [0.25, 0.3) is 0 Å². The average molecular weight is 330 g/mol. The highest BCUT2D eigenvalue weighted by Crippen LogP contribution is 2.28. The summed E-state index contributed by atoms with van der Waals surface area (Å²) in [5.41, 5.74) is 5.44. The molecule has 5 nitrogen and oxygen atoms in total. The highest BCUT2D eigenvalue weighted by atomic mass is 35.5. The molecule has 1 heterocycles. The van der Waals surface area contributed by atoms with Gasteiger partial charge in [0.05, 0.1) is 5.02 Å². The molecule has 0 radical (unpaired) electrons. The molecule has 1 saturated heterocycles. The second kappa shape index (κ2) is 7.00. The van der Waals surface area contributed by atoms with Crippen LogP contribution in [0.3, 0.4) is 0 Å². The van der Waals surface area contributed by atoms with E-state index in [0.29, 0.717) is 35.3 Å². The molecule has 0 amide bonds. The molecular formula is C14H17Cl2N3O2. The summed E-state index contributed by atoms with van der Waals surface area (Å²) in [7, 11) is 0. The Bertz CT molecular complexity index is 543. The number of piperidine rings is 1. The fourth-order valence-corrected chi connectivity index (χ4v) is 2.78. The van der Waals surface area contributed by atoms with Crippen LogP contribution >= 0.6 is 23.2 Å². The monoisotopic (exact) mass is 329 g/mol. The maximum Gasteiger partial charge on any atom is 0.311 e. The molecule has 1 aromatic rings. The van der Waals surface area contributed by atoms with Crippen LogP contribution in [0.4, 0.5) is 0 Å². The Morgan fingerprint density at radius 3 is 2.62 bits per heavy atom. The Balaban J connectivity index is 1.84. The summed E-state index contributed by atoms with van der Waals surface area (Å²) in [5.74, 6) is 0.357. The van der Waals surface area contributed by atoms with Crippen molar-refractivity contribution in [2.75, 3.05) is 13.1 Å². The Morgan fingerprint density at radius 1 is 1.38 bits per heavy atom. The summed E-state index contributed by atoms with van der Waals surface area (Å²) in [5, 5.41) is 8.19. The summed E-state index contributed by atoms with van der Waals surface area (Å²) in [6.07, 6.45) is 1.98. The Kier molecular flexibility index (Phi) is 5.31. The number of hydrogen-bond acceptors (Lipinski definition) is 3. The zero-order chi connectivity index (χ0) is 15.4. The smallest absolute Gasteiger partial charge is 0.311 e. The molecule has 1 aliphatic heterocycles. The van der Waals surface area contributed by atoms with Crippen LogP contribution in [0.1, 0.15) is 19.3 Å². The fourth-order valence-electron chi connectivity index (χ4n) is 2.34. The number of carbonyl (C=O) groups is 1. The molecule has 1 fully saturated rings. The largest absolute Gasteiger partial charge is 0.425 e. The lowest BCUT2D eigenvalue weighted by atomic mass is 9.94. The topological polar surface area (TPSA) is 79.4 Å². The number of halogens is 2. The molecule has 1 aliphatic rings. The predicted octanol–water partition coefficient (Wildman–Crippen LogP) is 2.89. The first-order chi connectivity index (χ1) is 9.95. The van der Waals surface area contributed by atoms with E-state index >= 15 is 0 Å². The van der Waals surface area contributed by atoms with Crippen molar-refractivity contribution in [3.05, 3.63) is 28.2 Å². The lowest BCUT2D eigenvalue weighted by Crippen LogP contribution is -2.42. The zero-order valence-electron chi connectivity index (χ0n) is 11.4. The first-order valence-electron chi connectivity index (χ1n) is 6.70. The van der Waals surface area contributed by atoms with Gasteiger partial charge in [-0.15, -0.1) is 0 Å². The molecule has 0 spiro atoms. The molecule has 0 unspecified atom stereocenters. The van der Waals surface area contributed by atoms with Crippen LogP contribution in [0.2, 0.25) is 10.0 Å². The molecule has 0 atom stereocenters. The van der Waals surface area contributed by atoms with E-state index in [2.05, 4.69) is 0 Å². The van der Waals surface area contributed by atoms with Crippen LogP contribution in [0.15, 0.2) is 18.2 Å². The van der Waals surface area contributed by atoms with Crippen LogP contribution in [0.25, 0.3) is 0 Å². The van der Waals surface area contributed by atoms with E-state index in [1.54, 1.807) is 17.0 Å². The number of hydrogen-bond donors (Lipinski definition) is 2. The number of benzene rings is 1. The predicted molar refractivity (Wildman–Crippen MR) is 82.9 cm³/mol. The molecule has 2 rings (SSSR count). The summed E-state index contributed by atoms with van der Waals surface area (Å²) >= 11 is 11.8. The van der Waals surface area contributed by atoms with Crippen molar-refractivity contribution in [2.45, 2.75) is 19.3 Å². The maximum absolute atomic E-state index is 11.9. The summed E-state index contributed by atoms with van der Waals surface area (Å²) in [6, 6.07) is 4.75. The molecular weight excluding hydrogens is 313 g/mol. The van der Waals surface area contributed by atoms with E-state index in [0.717, 1.165) is 12.8 Å². The number of carbonyl (C=O) groups excluding carboxylic acids is 1. The molecule has 7 heteroatoms.